The summed E-state index contributed by atoms with van der Waals surface area (Å²) in [7, 11) is -2.13. The van der Waals surface area contributed by atoms with Crippen LogP contribution in [0.3, 0.4) is 0 Å². The highest BCUT2D eigenvalue weighted by Crippen LogP contribution is 2.26. The van der Waals surface area contributed by atoms with Crippen LogP contribution in [0, 0.1) is 0 Å². The van der Waals surface area contributed by atoms with Crippen molar-refractivity contribution in [2.75, 3.05) is 11.4 Å². The number of aromatic nitrogens is 4. The topological polar surface area (TPSA) is 81.0 Å². The second-order valence-electron chi connectivity index (χ2n) is 3.96. The van der Waals surface area contributed by atoms with Gasteiger partial charge in [0.25, 0.3) is 10.0 Å². The molecule has 3 rings (SSSR count). The van der Waals surface area contributed by atoms with E-state index in [2.05, 4.69) is 15.2 Å². The Bertz CT molecular complexity index is 661. The van der Waals surface area contributed by atoms with E-state index < -0.39 is 10.0 Å². The van der Waals surface area contributed by atoms with E-state index in [4.69, 9.17) is 0 Å². The van der Waals surface area contributed by atoms with Crippen LogP contribution in [0.1, 0.15) is 12.2 Å². The van der Waals surface area contributed by atoms with Gasteiger partial charge in [-0.1, -0.05) is 11.3 Å². The van der Waals surface area contributed by atoms with Crippen molar-refractivity contribution in [3.63, 3.8) is 0 Å². The van der Waals surface area contributed by atoms with E-state index >= 15 is 0 Å². The molecule has 0 saturated heterocycles. The number of anilines is 1. The molecule has 0 aromatic carbocycles. The van der Waals surface area contributed by atoms with Gasteiger partial charge in [0.2, 0.25) is 5.13 Å². The van der Waals surface area contributed by atoms with E-state index in [1.165, 1.54) is 30.1 Å². The lowest BCUT2D eigenvalue weighted by Gasteiger charge is -2.15. The zero-order valence-electron chi connectivity index (χ0n) is 9.65. The maximum Gasteiger partial charge on any atom is 0.283 e. The number of rotatable bonds is 3. The SMILES string of the molecule is CN(c1nncs1)S(=O)(=O)c1cnc2n1CCC2. The van der Waals surface area contributed by atoms with Crippen molar-refractivity contribution in [1.29, 1.82) is 0 Å². The van der Waals surface area contributed by atoms with Gasteiger partial charge in [0.05, 0.1) is 6.20 Å². The van der Waals surface area contributed by atoms with E-state index in [1.54, 1.807) is 4.57 Å². The molecule has 0 atom stereocenters. The molecule has 0 fully saturated rings. The fourth-order valence-electron chi connectivity index (χ4n) is 1.98. The molecule has 9 heteroatoms. The van der Waals surface area contributed by atoms with Crippen LogP contribution in [-0.2, 0) is 23.0 Å². The zero-order chi connectivity index (χ0) is 12.8. The highest BCUT2D eigenvalue weighted by atomic mass is 32.2. The summed E-state index contributed by atoms with van der Waals surface area (Å²) in [6.07, 6.45) is 3.19. The molecule has 7 nitrogen and oxygen atoms in total. The molecule has 1 aliphatic rings. The second kappa shape index (κ2) is 4.02. The number of hydrogen-bond acceptors (Lipinski definition) is 6. The van der Waals surface area contributed by atoms with E-state index in [-0.39, 0.29) is 5.03 Å². The van der Waals surface area contributed by atoms with Crippen molar-refractivity contribution in [3.8, 4) is 0 Å². The highest BCUT2D eigenvalue weighted by Gasteiger charge is 2.30. The molecule has 2 aromatic heterocycles. The highest BCUT2D eigenvalue weighted by molar-refractivity contribution is 7.92. The normalized spacial score (nSPS) is 14.7. The van der Waals surface area contributed by atoms with Crippen LogP contribution in [-0.4, -0.2) is 35.2 Å². The predicted octanol–water partition coefficient (Wildman–Crippen LogP) is 0.506. The second-order valence-corrected chi connectivity index (χ2v) is 6.69. The minimum atomic E-state index is -3.60. The Morgan fingerprint density at radius 3 is 3.06 bits per heavy atom. The standard InChI is InChI=1S/C9H11N5O2S2/c1-13(9-12-11-6-17-9)18(15,16)8-5-10-7-3-2-4-14(7)8/h5-6H,2-4H2,1H3. The molecular weight excluding hydrogens is 274 g/mol. The lowest BCUT2D eigenvalue weighted by Crippen LogP contribution is -2.28. The van der Waals surface area contributed by atoms with Crippen molar-refractivity contribution in [2.24, 2.45) is 0 Å². The zero-order valence-corrected chi connectivity index (χ0v) is 11.3. The summed E-state index contributed by atoms with van der Waals surface area (Å²) in [6, 6.07) is 0. The van der Waals surface area contributed by atoms with E-state index in [9.17, 15) is 8.42 Å². The Balaban J connectivity index is 2.05. The molecule has 18 heavy (non-hydrogen) atoms. The molecule has 0 N–H and O–H groups in total. The van der Waals surface area contributed by atoms with Gasteiger partial charge in [-0.2, -0.15) is 8.42 Å². The first kappa shape index (κ1) is 11.6. The van der Waals surface area contributed by atoms with E-state index in [0.717, 1.165) is 23.0 Å². The van der Waals surface area contributed by atoms with Crippen LogP contribution in [0.15, 0.2) is 16.7 Å². The summed E-state index contributed by atoms with van der Waals surface area (Å²) in [5.74, 6) is 0.833. The first-order valence-electron chi connectivity index (χ1n) is 5.40. The van der Waals surface area contributed by atoms with Gasteiger partial charge in [0, 0.05) is 20.0 Å². The first-order chi connectivity index (χ1) is 8.60. The number of sulfonamides is 1. The van der Waals surface area contributed by atoms with Crippen molar-refractivity contribution in [1.82, 2.24) is 19.7 Å². The molecule has 2 aromatic rings. The van der Waals surface area contributed by atoms with Crippen molar-refractivity contribution < 1.29 is 8.42 Å². The Kier molecular flexibility index (Phi) is 2.59. The van der Waals surface area contributed by atoms with Crippen molar-refractivity contribution in [3.05, 3.63) is 17.5 Å². The molecule has 0 saturated carbocycles. The van der Waals surface area contributed by atoms with Crippen molar-refractivity contribution >= 4 is 26.5 Å². The summed E-state index contributed by atoms with van der Waals surface area (Å²) in [6.45, 7) is 0.702. The fraction of sp³-hybridized carbons (Fsp3) is 0.444. The predicted molar refractivity (Wildman–Crippen MR) is 66.0 cm³/mol. The smallest absolute Gasteiger partial charge is 0.283 e. The third-order valence-corrected chi connectivity index (χ3v) is 5.56. The van der Waals surface area contributed by atoms with Crippen LogP contribution in [0.4, 0.5) is 5.13 Å². The number of fused-ring (bicyclic) bond motifs is 1. The molecule has 96 valence electrons. The largest absolute Gasteiger partial charge is 0.318 e. The lowest BCUT2D eigenvalue weighted by molar-refractivity contribution is 0.576. The third-order valence-electron chi connectivity index (χ3n) is 2.93. The fourth-order valence-corrected chi connectivity index (χ4v) is 4.02. The maximum absolute atomic E-state index is 12.5. The van der Waals surface area contributed by atoms with E-state index in [0.29, 0.717) is 11.7 Å². The average molecular weight is 285 g/mol. The van der Waals surface area contributed by atoms with Gasteiger partial charge in [-0.15, -0.1) is 10.2 Å². The Morgan fingerprint density at radius 2 is 2.33 bits per heavy atom. The number of imidazole rings is 1. The molecule has 1 aliphatic heterocycles. The lowest BCUT2D eigenvalue weighted by atomic mass is 10.4. The molecular formula is C9H11N5O2S2. The molecule has 0 unspecified atom stereocenters. The van der Waals surface area contributed by atoms with Crippen molar-refractivity contribution in [2.45, 2.75) is 24.4 Å². The molecule has 0 amide bonds. The van der Waals surface area contributed by atoms with Gasteiger partial charge < -0.3 is 4.57 Å². The van der Waals surface area contributed by atoms with Gasteiger partial charge in [-0.3, -0.25) is 0 Å². The van der Waals surface area contributed by atoms with Crippen LogP contribution in [0.5, 0.6) is 0 Å². The molecule has 0 aliphatic carbocycles. The van der Waals surface area contributed by atoms with Gasteiger partial charge in [-0.05, 0) is 6.42 Å². The van der Waals surface area contributed by atoms with Gasteiger partial charge in [0.15, 0.2) is 5.03 Å². The first-order valence-corrected chi connectivity index (χ1v) is 7.72. The van der Waals surface area contributed by atoms with Crippen LogP contribution < -0.4 is 4.31 Å². The number of hydrogen-bond donors (Lipinski definition) is 0. The Labute approximate surface area is 108 Å². The Morgan fingerprint density at radius 1 is 1.50 bits per heavy atom. The van der Waals surface area contributed by atoms with Gasteiger partial charge >= 0.3 is 0 Å². The summed E-state index contributed by atoms with van der Waals surface area (Å²) < 4.78 is 27.8. The average Bonchev–Trinajstić information content (AvgIpc) is 3.04. The van der Waals surface area contributed by atoms with Crippen LogP contribution >= 0.6 is 11.3 Å². The van der Waals surface area contributed by atoms with Crippen LogP contribution in [0.25, 0.3) is 0 Å². The van der Waals surface area contributed by atoms with Gasteiger partial charge in [0.1, 0.15) is 11.3 Å². The third kappa shape index (κ3) is 1.62. The summed E-state index contributed by atoms with van der Waals surface area (Å²) in [4.78, 5) is 4.15. The summed E-state index contributed by atoms with van der Waals surface area (Å²) in [5, 5.41) is 8.00. The molecule has 0 radical (unpaired) electrons. The number of aryl methyl sites for hydroxylation is 1. The minimum Gasteiger partial charge on any atom is -0.318 e. The maximum atomic E-state index is 12.5. The number of nitrogens with zero attached hydrogens (tertiary/aromatic N) is 5. The summed E-state index contributed by atoms with van der Waals surface area (Å²) in [5.41, 5.74) is 1.50. The molecule has 3 heterocycles. The summed E-state index contributed by atoms with van der Waals surface area (Å²) >= 11 is 1.18. The quantitative estimate of drug-likeness (QED) is 0.820. The van der Waals surface area contributed by atoms with E-state index in [1.807, 2.05) is 0 Å². The monoisotopic (exact) mass is 285 g/mol. The minimum absolute atomic E-state index is 0.229. The van der Waals surface area contributed by atoms with Gasteiger partial charge in [-0.25, -0.2) is 9.29 Å². The van der Waals surface area contributed by atoms with Crippen LogP contribution in [0.2, 0.25) is 0 Å². The molecule has 0 bridgehead atoms. The Hall–Kier alpha value is -1.48. The molecule has 0 spiro atoms.